The molecule has 0 N–H and O–H groups in total. The summed E-state index contributed by atoms with van der Waals surface area (Å²) in [6, 6.07) is 0. The first-order valence-electron chi connectivity index (χ1n) is 5.53. The van der Waals surface area contributed by atoms with Crippen LogP contribution in [-0.4, -0.2) is 0 Å². The van der Waals surface area contributed by atoms with Gasteiger partial charge in [-0.05, 0) is 36.7 Å². The molecule has 0 atom stereocenters. The lowest BCUT2D eigenvalue weighted by molar-refractivity contribution is 0.416. The van der Waals surface area contributed by atoms with E-state index in [1.165, 1.54) is 25.7 Å². The maximum atomic E-state index is 11.6. The van der Waals surface area contributed by atoms with Gasteiger partial charge in [0.25, 0.3) is 6.08 Å². The van der Waals surface area contributed by atoms with Crippen molar-refractivity contribution in [3.05, 3.63) is 23.2 Å². The van der Waals surface area contributed by atoms with Crippen LogP contribution >= 0.6 is 15.9 Å². The number of halogens is 3. The van der Waals surface area contributed by atoms with E-state index in [9.17, 15) is 8.78 Å². The predicted octanol–water partition coefficient (Wildman–Crippen LogP) is 5.80. The summed E-state index contributed by atoms with van der Waals surface area (Å²) >= 11 is 3.23. The van der Waals surface area contributed by atoms with Gasteiger partial charge in [0, 0.05) is 0 Å². The van der Waals surface area contributed by atoms with Gasteiger partial charge in [0.05, 0.1) is 0 Å². The zero-order chi connectivity index (χ0) is 11.4. The Morgan fingerprint density at radius 2 is 1.40 bits per heavy atom. The highest BCUT2D eigenvalue weighted by Gasteiger charge is 1.91. The minimum atomic E-state index is -1.54. The van der Waals surface area contributed by atoms with Gasteiger partial charge in [-0.25, -0.2) is 0 Å². The SMILES string of the molecule is FC(F)=CCCCCCCCCC=CBr. The Labute approximate surface area is 99.6 Å². The maximum Gasteiger partial charge on any atom is 0.266 e. The summed E-state index contributed by atoms with van der Waals surface area (Å²) in [6.07, 6.45) is 10.0. The van der Waals surface area contributed by atoms with Gasteiger partial charge < -0.3 is 0 Å². The van der Waals surface area contributed by atoms with Crippen LogP contribution in [0, 0.1) is 0 Å². The zero-order valence-electron chi connectivity index (χ0n) is 9.02. The largest absolute Gasteiger partial charge is 0.266 e. The summed E-state index contributed by atoms with van der Waals surface area (Å²) in [5.74, 6) is 0. The van der Waals surface area contributed by atoms with E-state index in [4.69, 9.17) is 0 Å². The van der Waals surface area contributed by atoms with Crippen molar-refractivity contribution in [2.75, 3.05) is 0 Å². The van der Waals surface area contributed by atoms with Gasteiger partial charge in [0.2, 0.25) is 0 Å². The van der Waals surface area contributed by atoms with Crippen molar-refractivity contribution in [2.45, 2.75) is 51.4 Å². The minimum absolute atomic E-state index is 0.522. The second-order valence-corrected chi connectivity index (χ2v) is 4.08. The van der Waals surface area contributed by atoms with Gasteiger partial charge >= 0.3 is 0 Å². The van der Waals surface area contributed by atoms with Gasteiger partial charge in [-0.3, -0.25) is 0 Å². The molecule has 0 aliphatic rings. The lowest BCUT2D eigenvalue weighted by atomic mass is 10.1. The van der Waals surface area contributed by atoms with Crippen LogP contribution in [0.25, 0.3) is 0 Å². The van der Waals surface area contributed by atoms with Gasteiger partial charge in [-0.1, -0.05) is 47.7 Å². The highest BCUT2D eigenvalue weighted by Crippen LogP contribution is 2.10. The molecule has 0 saturated carbocycles. The predicted molar refractivity (Wildman–Crippen MR) is 65.3 cm³/mol. The van der Waals surface area contributed by atoms with E-state index in [2.05, 4.69) is 22.0 Å². The highest BCUT2D eigenvalue weighted by molar-refractivity contribution is 9.11. The van der Waals surface area contributed by atoms with Crippen LogP contribution in [0.3, 0.4) is 0 Å². The van der Waals surface area contributed by atoms with E-state index in [1.807, 2.05) is 4.99 Å². The summed E-state index contributed by atoms with van der Waals surface area (Å²) in [5.41, 5.74) is 0. The smallest absolute Gasteiger partial charge is 0.174 e. The molecule has 0 bridgehead atoms. The summed E-state index contributed by atoms with van der Waals surface area (Å²) in [6.45, 7) is 0. The fourth-order valence-electron chi connectivity index (χ4n) is 1.39. The third-order valence-corrected chi connectivity index (χ3v) is 2.59. The first-order valence-corrected chi connectivity index (χ1v) is 6.45. The van der Waals surface area contributed by atoms with Crippen LogP contribution in [0.2, 0.25) is 0 Å². The molecule has 0 rings (SSSR count). The van der Waals surface area contributed by atoms with E-state index in [1.54, 1.807) is 0 Å². The van der Waals surface area contributed by atoms with Crippen molar-refractivity contribution >= 4 is 15.9 Å². The van der Waals surface area contributed by atoms with Crippen LogP contribution in [-0.2, 0) is 0 Å². The van der Waals surface area contributed by atoms with E-state index < -0.39 is 6.08 Å². The van der Waals surface area contributed by atoms with Crippen molar-refractivity contribution < 1.29 is 8.78 Å². The number of hydrogen-bond donors (Lipinski definition) is 0. The summed E-state index contributed by atoms with van der Waals surface area (Å²) in [7, 11) is 0. The molecule has 0 heterocycles. The third-order valence-electron chi connectivity index (χ3n) is 2.21. The maximum absolute atomic E-state index is 11.6. The standard InChI is InChI=1S/C12H19BrF2/c13-11-9-7-5-3-1-2-4-6-8-10-12(14)15/h9-11H,1-8H2. The second kappa shape index (κ2) is 11.9. The van der Waals surface area contributed by atoms with Crippen LogP contribution in [0.5, 0.6) is 0 Å². The Balaban J connectivity index is 3.02. The molecule has 0 radical (unpaired) electrons. The molecule has 0 aromatic heterocycles. The number of unbranched alkanes of at least 4 members (excludes halogenated alkanes) is 7. The molecule has 0 spiro atoms. The first-order chi connectivity index (χ1) is 7.27. The molecule has 0 nitrogen and oxygen atoms in total. The Kier molecular flexibility index (Phi) is 11.7. The van der Waals surface area contributed by atoms with Crippen molar-refractivity contribution in [1.82, 2.24) is 0 Å². The topological polar surface area (TPSA) is 0 Å². The average Bonchev–Trinajstić information content (AvgIpc) is 2.20. The molecule has 88 valence electrons. The molecular formula is C12H19BrF2. The van der Waals surface area contributed by atoms with Gasteiger partial charge in [0.1, 0.15) is 0 Å². The third kappa shape index (κ3) is 13.8. The summed E-state index contributed by atoms with van der Waals surface area (Å²) in [4.78, 5) is 1.89. The monoisotopic (exact) mass is 280 g/mol. The van der Waals surface area contributed by atoms with Gasteiger partial charge in [-0.15, -0.1) is 0 Å². The van der Waals surface area contributed by atoms with Gasteiger partial charge in [0.15, 0.2) is 0 Å². The van der Waals surface area contributed by atoms with Crippen molar-refractivity contribution in [2.24, 2.45) is 0 Å². The normalized spacial score (nSPS) is 10.9. The fraction of sp³-hybridized carbons (Fsp3) is 0.667. The van der Waals surface area contributed by atoms with Gasteiger partial charge in [-0.2, -0.15) is 8.78 Å². The first kappa shape index (κ1) is 14.8. The number of rotatable bonds is 9. The molecule has 0 aromatic rings. The van der Waals surface area contributed by atoms with E-state index in [0.717, 1.165) is 25.3 Å². The minimum Gasteiger partial charge on any atom is -0.174 e. The van der Waals surface area contributed by atoms with Crippen LogP contribution in [0.1, 0.15) is 51.4 Å². The quantitative estimate of drug-likeness (QED) is 0.469. The number of hydrogen-bond acceptors (Lipinski definition) is 0. The molecule has 3 heteroatoms. The Morgan fingerprint density at radius 1 is 0.867 bits per heavy atom. The Hall–Kier alpha value is -0.180. The Bertz CT molecular complexity index is 184. The molecule has 0 saturated heterocycles. The molecule has 0 fully saturated rings. The summed E-state index contributed by atoms with van der Waals surface area (Å²) in [5, 5.41) is 0. The molecule has 0 aromatic carbocycles. The van der Waals surface area contributed by atoms with Crippen molar-refractivity contribution in [1.29, 1.82) is 0 Å². The fourth-order valence-corrected chi connectivity index (χ4v) is 1.65. The molecule has 0 unspecified atom stereocenters. The number of allylic oxidation sites excluding steroid dienone is 2. The van der Waals surface area contributed by atoms with E-state index in [0.29, 0.717) is 6.42 Å². The highest BCUT2D eigenvalue weighted by atomic mass is 79.9. The van der Waals surface area contributed by atoms with Crippen LogP contribution in [0.4, 0.5) is 8.78 Å². The van der Waals surface area contributed by atoms with Crippen LogP contribution < -0.4 is 0 Å². The van der Waals surface area contributed by atoms with Crippen molar-refractivity contribution in [3.8, 4) is 0 Å². The Morgan fingerprint density at radius 3 is 1.93 bits per heavy atom. The molecule has 0 amide bonds. The molecule has 15 heavy (non-hydrogen) atoms. The van der Waals surface area contributed by atoms with E-state index >= 15 is 0 Å². The van der Waals surface area contributed by atoms with E-state index in [-0.39, 0.29) is 0 Å². The van der Waals surface area contributed by atoms with Crippen LogP contribution in [0.15, 0.2) is 23.2 Å². The molecule has 0 aliphatic heterocycles. The zero-order valence-corrected chi connectivity index (χ0v) is 10.6. The summed E-state index contributed by atoms with van der Waals surface area (Å²) < 4.78 is 23.3. The molecule has 0 aliphatic carbocycles. The second-order valence-electron chi connectivity index (χ2n) is 3.55. The van der Waals surface area contributed by atoms with Crippen molar-refractivity contribution in [3.63, 3.8) is 0 Å². The lowest BCUT2D eigenvalue weighted by Gasteiger charge is -1.98. The lowest BCUT2D eigenvalue weighted by Crippen LogP contribution is -1.79. The average molecular weight is 281 g/mol. The molecular weight excluding hydrogens is 262 g/mol.